The van der Waals surface area contributed by atoms with Crippen LogP contribution in [0.1, 0.15) is 52.6 Å². The predicted molar refractivity (Wildman–Crippen MR) is 163 cm³/mol. The fourth-order valence-electron chi connectivity index (χ4n) is 5.28. The summed E-state index contributed by atoms with van der Waals surface area (Å²) in [6, 6.07) is 6.16. The number of aromatic nitrogens is 4. The number of carbonyl (C=O) groups is 2. The van der Waals surface area contributed by atoms with Crippen LogP contribution < -0.4 is 10.1 Å². The van der Waals surface area contributed by atoms with Crippen LogP contribution in [0, 0.1) is 11.7 Å². The number of carbonyl (C=O) groups excluding carboxylic acids is 2. The molecule has 1 saturated heterocycles. The van der Waals surface area contributed by atoms with Gasteiger partial charge in [0.1, 0.15) is 30.6 Å². The van der Waals surface area contributed by atoms with E-state index in [4.69, 9.17) is 14.2 Å². The van der Waals surface area contributed by atoms with E-state index in [-0.39, 0.29) is 55.1 Å². The average Bonchev–Trinajstić information content (AvgIpc) is 3.60. The maximum Gasteiger partial charge on any atom is 0.408 e. The van der Waals surface area contributed by atoms with Crippen molar-refractivity contribution in [1.29, 1.82) is 0 Å². The number of nitrogens with zero attached hydrogens (tertiary/aromatic N) is 5. The molecule has 4 aromatic rings. The van der Waals surface area contributed by atoms with Crippen molar-refractivity contribution < 1.29 is 41.4 Å². The summed E-state index contributed by atoms with van der Waals surface area (Å²) < 4.78 is 75.7. The highest BCUT2D eigenvalue weighted by Gasteiger charge is 2.47. The predicted octanol–water partition coefficient (Wildman–Crippen LogP) is 5.86. The van der Waals surface area contributed by atoms with Gasteiger partial charge in [0.15, 0.2) is 23.0 Å². The highest BCUT2D eigenvalue weighted by molar-refractivity contribution is 5.82. The number of ether oxygens (including phenoxy) is 3. The standard InChI is InChI=1S/C32H36F4N6O5/c1-18(2)29(43)46-13-12-45-25-15-24-19(14-22(25)33)6-8-23(38-24)28-40-39-26-9-7-20(16-42(26)28)27(32(34,35)36)41-11-10-21(17-41)37-30(44)47-31(3,4)5/h6-9,14-16,18,21,27H,10-13,17H2,1-5H3,(H,37,44)/t21-,27+/m0/s1. The number of hydrogen-bond acceptors (Lipinski definition) is 9. The SMILES string of the molecule is CC(C)C(=O)OCCOc1cc2nc(-c3nnc4ccc([C@@H](N5CC[C@H](NC(=O)OC(C)(C)C)C5)C(F)(F)F)cn34)ccc2cc1F. The first-order valence-electron chi connectivity index (χ1n) is 15.1. The van der Waals surface area contributed by atoms with Gasteiger partial charge < -0.3 is 19.5 Å². The lowest BCUT2D eigenvalue weighted by molar-refractivity contribution is -0.184. The molecule has 1 aliphatic rings. The second-order valence-corrected chi connectivity index (χ2v) is 12.6. The Labute approximate surface area is 268 Å². The van der Waals surface area contributed by atoms with Crippen molar-refractivity contribution >= 4 is 28.6 Å². The molecule has 0 spiro atoms. The minimum atomic E-state index is -4.63. The van der Waals surface area contributed by atoms with E-state index >= 15 is 0 Å². The molecular weight excluding hydrogens is 624 g/mol. The van der Waals surface area contributed by atoms with Crippen molar-refractivity contribution in [3.63, 3.8) is 0 Å². The number of nitrogens with one attached hydrogen (secondary N) is 1. The molecule has 3 aromatic heterocycles. The highest BCUT2D eigenvalue weighted by Crippen LogP contribution is 2.40. The van der Waals surface area contributed by atoms with Crippen LogP contribution in [0.4, 0.5) is 22.4 Å². The Bertz CT molecular complexity index is 1770. The molecule has 0 bridgehead atoms. The Morgan fingerprint density at radius 1 is 1.06 bits per heavy atom. The minimum absolute atomic E-state index is 0.0240. The molecule has 1 amide bonds. The summed E-state index contributed by atoms with van der Waals surface area (Å²) in [4.78, 5) is 29.7. The summed E-state index contributed by atoms with van der Waals surface area (Å²) in [6.45, 7) is 8.45. The summed E-state index contributed by atoms with van der Waals surface area (Å²) in [5, 5.41) is 11.4. The van der Waals surface area contributed by atoms with Crippen molar-refractivity contribution in [3.05, 3.63) is 54.0 Å². The first-order valence-corrected chi connectivity index (χ1v) is 15.1. The molecule has 252 valence electrons. The molecule has 0 radical (unpaired) electrons. The van der Waals surface area contributed by atoms with Crippen molar-refractivity contribution in [2.75, 3.05) is 26.3 Å². The maximum absolute atomic E-state index is 14.7. The number of pyridine rings is 2. The first-order chi connectivity index (χ1) is 22.1. The van der Waals surface area contributed by atoms with E-state index in [1.807, 2.05) is 0 Å². The van der Waals surface area contributed by atoms with Gasteiger partial charge in [0.25, 0.3) is 0 Å². The summed E-state index contributed by atoms with van der Waals surface area (Å²) in [6.07, 6.45) is -3.65. The van der Waals surface area contributed by atoms with Gasteiger partial charge >= 0.3 is 18.2 Å². The van der Waals surface area contributed by atoms with E-state index in [9.17, 15) is 27.2 Å². The topological polar surface area (TPSA) is 120 Å². The van der Waals surface area contributed by atoms with E-state index in [1.165, 1.54) is 39.8 Å². The Hall–Kier alpha value is -4.53. The van der Waals surface area contributed by atoms with E-state index in [2.05, 4.69) is 20.5 Å². The first kappa shape index (κ1) is 33.8. The number of hydrogen-bond donors (Lipinski definition) is 1. The van der Waals surface area contributed by atoms with Crippen LogP contribution in [-0.4, -0.2) is 80.7 Å². The molecule has 5 rings (SSSR count). The molecule has 2 atom stereocenters. The van der Waals surface area contributed by atoms with Crippen LogP contribution in [0.2, 0.25) is 0 Å². The van der Waals surface area contributed by atoms with Gasteiger partial charge in [-0.25, -0.2) is 14.2 Å². The fourth-order valence-corrected chi connectivity index (χ4v) is 5.28. The number of likely N-dealkylation sites (tertiary alicyclic amines) is 1. The van der Waals surface area contributed by atoms with Crippen molar-refractivity contribution in [3.8, 4) is 17.3 Å². The number of esters is 1. The number of amides is 1. The van der Waals surface area contributed by atoms with Crippen LogP contribution in [0.5, 0.6) is 5.75 Å². The van der Waals surface area contributed by atoms with Crippen molar-refractivity contribution in [2.45, 2.75) is 64.9 Å². The van der Waals surface area contributed by atoms with E-state index in [1.54, 1.807) is 46.8 Å². The smallest absolute Gasteiger partial charge is 0.408 e. The van der Waals surface area contributed by atoms with Gasteiger partial charge in [-0.05, 0) is 51.0 Å². The Balaban J connectivity index is 1.38. The summed E-state index contributed by atoms with van der Waals surface area (Å²) in [5.41, 5.74) is 0.161. The van der Waals surface area contributed by atoms with E-state index in [0.29, 0.717) is 23.0 Å². The number of alkyl halides is 3. The molecule has 1 aromatic carbocycles. The fraction of sp³-hybridized carbons (Fsp3) is 0.469. The second-order valence-electron chi connectivity index (χ2n) is 12.6. The van der Waals surface area contributed by atoms with Gasteiger partial charge in [0.05, 0.1) is 11.4 Å². The molecule has 11 nitrogen and oxygen atoms in total. The molecule has 0 unspecified atom stereocenters. The van der Waals surface area contributed by atoms with E-state index in [0.717, 1.165) is 0 Å². The lowest BCUT2D eigenvalue weighted by atomic mass is 10.1. The van der Waals surface area contributed by atoms with Gasteiger partial charge in [-0.1, -0.05) is 26.0 Å². The number of fused-ring (bicyclic) bond motifs is 2. The molecule has 0 aliphatic carbocycles. The third-order valence-corrected chi connectivity index (χ3v) is 7.39. The van der Waals surface area contributed by atoms with Gasteiger partial charge in [-0.2, -0.15) is 13.2 Å². The van der Waals surface area contributed by atoms with Gasteiger partial charge in [0.2, 0.25) is 0 Å². The lowest BCUT2D eigenvalue weighted by Crippen LogP contribution is -2.42. The maximum atomic E-state index is 14.7. The number of halogens is 4. The Kier molecular flexibility index (Phi) is 9.57. The molecule has 1 aliphatic heterocycles. The Morgan fingerprint density at radius 2 is 1.83 bits per heavy atom. The van der Waals surface area contributed by atoms with Crippen LogP contribution in [0.15, 0.2) is 42.6 Å². The zero-order valence-electron chi connectivity index (χ0n) is 26.6. The van der Waals surface area contributed by atoms with Gasteiger partial charge in [-0.15, -0.1) is 10.2 Å². The molecule has 47 heavy (non-hydrogen) atoms. The van der Waals surface area contributed by atoms with Crippen molar-refractivity contribution in [1.82, 2.24) is 29.8 Å². The lowest BCUT2D eigenvalue weighted by Gasteiger charge is -2.30. The summed E-state index contributed by atoms with van der Waals surface area (Å²) in [7, 11) is 0. The Morgan fingerprint density at radius 3 is 2.53 bits per heavy atom. The number of rotatable bonds is 9. The van der Waals surface area contributed by atoms with E-state index < -0.39 is 41.7 Å². The average molecular weight is 661 g/mol. The number of benzene rings is 1. The largest absolute Gasteiger partial charge is 0.487 e. The minimum Gasteiger partial charge on any atom is -0.487 e. The zero-order valence-corrected chi connectivity index (χ0v) is 26.6. The van der Waals surface area contributed by atoms with Crippen LogP contribution in [0.3, 0.4) is 0 Å². The third-order valence-electron chi connectivity index (χ3n) is 7.39. The monoisotopic (exact) mass is 660 g/mol. The summed E-state index contributed by atoms with van der Waals surface area (Å²) in [5.74, 6) is -1.26. The number of alkyl carbamates (subject to hydrolysis) is 1. The second kappa shape index (κ2) is 13.3. The zero-order chi connectivity index (χ0) is 34.1. The molecule has 1 N–H and O–H groups in total. The molecule has 4 heterocycles. The van der Waals surface area contributed by atoms with Crippen LogP contribution in [-0.2, 0) is 14.3 Å². The van der Waals surface area contributed by atoms with Crippen LogP contribution >= 0.6 is 0 Å². The van der Waals surface area contributed by atoms with Crippen molar-refractivity contribution in [2.24, 2.45) is 5.92 Å². The van der Waals surface area contributed by atoms with Gasteiger partial charge in [-0.3, -0.25) is 14.1 Å². The normalized spacial score (nSPS) is 16.5. The molecule has 15 heteroatoms. The molecule has 1 fully saturated rings. The summed E-state index contributed by atoms with van der Waals surface area (Å²) >= 11 is 0. The highest BCUT2D eigenvalue weighted by atomic mass is 19.4. The third kappa shape index (κ3) is 8.07. The molecule has 0 saturated carbocycles. The molecular formula is C32H36F4N6O5. The van der Waals surface area contributed by atoms with Gasteiger partial charge in [0, 0.05) is 36.8 Å². The van der Waals surface area contributed by atoms with Crippen LogP contribution in [0.25, 0.3) is 28.1 Å². The quantitative estimate of drug-likeness (QED) is 0.134.